The number of hydrogen-bond donors (Lipinski definition) is 2. The third-order valence-electron chi connectivity index (χ3n) is 4.96. The van der Waals surface area contributed by atoms with Crippen molar-refractivity contribution in [3.8, 4) is 11.5 Å². The Bertz CT molecular complexity index is 1350. The molecule has 3 aromatic carbocycles. The molecular formula is C24H19N3O2. The maximum Gasteiger partial charge on any atom is 0.228 e. The van der Waals surface area contributed by atoms with Crippen LogP contribution in [0.1, 0.15) is 11.1 Å². The molecule has 0 saturated heterocycles. The molecule has 0 atom stereocenters. The highest BCUT2D eigenvalue weighted by Gasteiger charge is 2.12. The fourth-order valence-electron chi connectivity index (χ4n) is 3.56. The molecule has 0 aliphatic carbocycles. The van der Waals surface area contributed by atoms with Crippen molar-refractivity contribution in [1.29, 1.82) is 0 Å². The number of anilines is 1. The number of amides is 1. The van der Waals surface area contributed by atoms with Crippen molar-refractivity contribution in [2.75, 3.05) is 5.32 Å². The number of nitrogens with zero attached hydrogens (tertiary/aromatic N) is 1. The number of hydrogen-bond acceptors (Lipinski definition) is 3. The van der Waals surface area contributed by atoms with Gasteiger partial charge in [0, 0.05) is 34.4 Å². The number of carbonyl (C=O) groups excluding carboxylic acids is 1. The Morgan fingerprint density at radius 2 is 1.97 bits per heavy atom. The number of para-hydroxylation sites is 1. The summed E-state index contributed by atoms with van der Waals surface area (Å²) in [6.45, 7) is 2.04. The van der Waals surface area contributed by atoms with Crippen LogP contribution in [0.3, 0.4) is 0 Å². The summed E-state index contributed by atoms with van der Waals surface area (Å²) in [5, 5.41) is 4.02. The second-order valence-corrected chi connectivity index (χ2v) is 7.16. The van der Waals surface area contributed by atoms with Crippen molar-refractivity contribution in [1.82, 2.24) is 9.97 Å². The van der Waals surface area contributed by atoms with Crippen LogP contribution in [-0.2, 0) is 11.2 Å². The lowest BCUT2D eigenvalue weighted by molar-refractivity contribution is -0.115. The molecule has 142 valence electrons. The van der Waals surface area contributed by atoms with Crippen molar-refractivity contribution in [3.63, 3.8) is 0 Å². The van der Waals surface area contributed by atoms with Gasteiger partial charge >= 0.3 is 0 Å². The summed E-state index contributed by atoms with van der Waals surface area (Å²) in [6, 6.07) is 21.5. The van der Waals surface area contributed by atoms with Gasteiger partial charge in [0.25, 0.3) is 0 Å². The Labute approximate surface area is 167 Å². The van der Waals surface area contributed by atoms with Crippen molar-refractivity contribution in [3.05, 3.63) is 84.1 Å². The second kappa shape index (κ2) is 6.95. The van der Waals surface area contributed by atoms with Gasteiger partial charge in [0.15, 0.2) is 5.58 Å². The largest absolute Gasteiger partial charge is 0.436 e. The van der Waals surface area contributed by atoms with Crippen LogP contribution < -0.4 is 5.32 Å². The van der Waals surface area contributed by atoms with E-state index >= 15 is 0 Å². The number of rotatable bonds is 4. The number of aryl methyl sites for hydroxylation is 1. The molecule has 5 aromatic rings. The number of benzene rings is 3. The van der Waals surface area contributed by atoms with Gasteiger partial charge in [-0.05, 0) is 42.8 Å². The van der Waals surface area contributed by atoms with Crippen LogP contribution in [0.4, 0.5) is 5.69 Å². The van der Waals surface area contributed by atoms with E-state index in [1.54, 1.807) is 0 Å². The van der Waals surface area contributed by atoms with E-state index in [1.165, 1.54) is 0 Å². The zero-order valence-electron chi connectivity index (χ0n) is 15.9. The predicted molar refractivity (Wildman–Crippen MR) is 115 cm³/mol. The highest BCUT2D eigenvalue weighted by molar-refractivity contribution is 5.97. The Morgan fingerprint density at radius 3 is 2.86 bits per heavy atom. The van der Waals surface area contributed by atoms with E-state index in [2.05, 4.69) is 15.3 Å². The summed E-state index contributed by atoms with van der Waals surface area (Å²) in [6.07, 6.45) is 2.19. The summed E-state index contributed by atoms with van der Waals surface area (Å²) < 4.78 is 5.93. The first-order valence-corrected chi connectivity index (χ1v) is 9.48. The number of fused-ring (bicyclic) bond motifs is 2. The maximum atomic E-state index is 12.6. The molecule has 5 rings (SSSR count). The van der Waals surface area contributed by atoms with Crippen molar-refractivity contribution >= 4 is 33.6 Å². The molecule has 1 amide bonds. The van der Waals surface area contributed by atoms with Gasteiger partial charge in [-0.15, -0.1) is 0 Å². The molecule has 0 spiro atoms. The van der Waals surface area contributed by atoms with E-state index < -0.39 is 0 Å². The van der Waals surface area contributed by atoms with E-state index in [4.69, 9.17) is 4.42 Å². The third-order valence-corrected chi connectivity index (χ3v) is 4.96. The molecule has 2 aromatic heterocycles. The van der Waals surface area contributed by atoms with Crippen LogP contribution in [0.15, 0.2) is 77.3 Å². The first kappa shape index (κ1) is 17.3. The number of aromatic nitrogens is 2. The molecule has 5 nitrogen and oxygen atoms in total. The smallest absolute Gasteiger partial charge is 0.228 e. The average Bonchev–Trinajstić information content (AvgIpc) is 3.32. The minimum absolute atomic E-state index is 0.0764. The fourth-order valence-corrected chi connectivity index (χ4v) is 3.56. The summed E-state index contributed by atoms with van der Waals surface area (Å²) in [5.74, 6) is 0.499. The molecule has 2 N–H and O–H groups in total. The van der Waals surface area contributed by atoms with E-state index in [0.717, 1.165) is 33.1 Å². The minimum atomic E-state index is -0.0764. The zero-order chi connectivity index (χ0) is 19.8. The standard InChI is InChI=1S/C24H19N3O2/c1-15-5-4-6-16(11-15)24-27-21-10-9-18(13-22(21)29-24)26-23(28)12-17-14-25-20-8-3-2-7-19(17)20/h2-11,13-14,25H,12H2,1H3,(H,26,28). The van der Waals surface area contributed by atoms with Crippen molar-refractivity contribution < 1.29 is 9.21 Å². The third kappa shape index (κ3) is 3.38. The number of aromatic amines is 1. The van der Waals surface area contributed by atoms with Gasteiger partial charge in [-0.25, -0.2) is 4.98 Å². The summed E-state index contributed by atoms with van der Waals surface area (Å²) in [4.78, 5) is 20.3. The molecule has 0 aliphatic rings. The second-order valence-electron chi connectivity index (χ2n) is 7.16. The van der Waals surface area contributed by atoms with Gasteiger partial charge in [-0.3, -0.25) is 4.79 Å². The van der Waals surface area contributed by atoms with E-state index in [1.807, 2.05) is 79.9 Å². The van der Waals surface area contributed by atoms with Crippen LogP contribution >= 0.6 is 0 Å². The SMILES string of the molecule is Cc1cccc(-c2nc3ccc(NC(=O)Cc4c[nH]c5ccccc45)cc3o2)c1. The highest BCUT2D eigenvalue weighted by Crippen LogP contribution is 2.27. The van der Waals surface area contributed by atoms with Gasteiger partial charge in [-0.2, -0.15) is 0 Å². The number of nitrogens with one attached hydrogen (secondary N) is 2. The maximum absolute atomic E-state index is 12.6. The van der Waals surface area contributed by atoms with Gasteiger partial charge < -0.3 is 14.7 Å². The topological polar surface area (TPSA) is 70.9 Å². The van der Waals surface area contributed by atoms with Gasteiger partial charge in [0.05, 0.1) is 6.42 Å². The fraction of sp³-hybridized carbons (Fsp3) is 0.0833. The number of H-pyrrole nitrogens is 1. The number of carbonyl (C=O) groups is 1. The van der Waals surface area contributed by atoms with E-state index in [9.17, 15) is 4.79 Å². The Kier molecular flexibility index (Phi) is 4.13. The van der Waals surface area contributed by atoms with Crippen LogP contribution in [0.25, 0.3) is 33.5 Å². The molecule has 29 heavy (non-hydrogen) atoms. The average molecular weight is 381 g/mol. The lowest BCUT2D eigenvalue weighted by Crippen LogP contribution is -2.14. The van der Waals surface area contributed by atoms with Gasteiger partial charge in [-0.1, -0.05) is 35.9 Å². The number of oxazole rings is 1. The lowest BCUT2D eigenvalue weighted by atomic mass is 10.1. The summed E-state index contributed by atoms with van der Waals surface area (Å²) in [5.41, 5.74) is 6.18. The van der Waals surface area contributed by atoms with E-state index in [0.29, 0.717) is 23.6 Å². The molecule has 0 bridgehead atoms. The highest BCUT2D eigenvalue weighted by atomic mass is 16.3. The molecular weight excluding hydrogens is 362 g/mol. The molecule has 0 aliphatic heterocycles. The summed E-state index contributed by atoms with van der Waals surface area (Å²) in [7, 11) is 0. The van der Waals surface area contributed by atoms with Crippen LogP contribution in [-0.4, -0.2) is 15.9 Å². The first-order chi connectivity index (χ1) is 14.2. The van der Waals surface area contributed by atoms with Crippen molar-refractivity contribution in [2.45, 2.75) is 13.3 Å². The molecule has 0 radical (unpaired) electrons. The van der Waals surface area contributed by atoms with Crippen LogP contribution in [0.5, 0.6) is 0 Å². The predicted octanol–water partition coefficient (Wildman–Crippen LogP) is 5.47. The first-order valence-electron chi connectivity index (χ1n) is 9.48. The van der Waals surface area contributed by atoms with Crippen LogP contribution in [0, 0.1) is 6.92 Å². The molecule has 0 unspecified atom stereocenters. The molecule has 5 heteroatoms. The Morgan fingerprint density at radius 1 is 1.07 bits per heavy atom. The monoisotopic (exact) mass is 381 g/mol. The lowest BCUT2D eigenvalue weighted by Gasteiger charge is -2.04. The van der Waals surface area contributed by atoms with Gasteiger partial charge in [0.2, 0.25) is 11.8 Å². The molecule has 0 fully saturated rings. The van der Waals surface area contributed by atoms with Crippen molar-refractivity contribution in [2.24, 2.45) is 0 Å². The van der Waals surface area contributed by atoms with Crippen LogP contribution in [0.2, 0.25) is 0 Å². The molecule has 2 heterocycles. The summed E-state index contributed by atoms with van der Waals surface area (Å²) >= 11 is 0. The Balaban J connectivity index is 1.37. The minimum Gasteiger partial charge on any atom is -0.436 e. The normalized spacial score (nSPS) is 11.2. The van der Waals surface area contributed by atoms with E-state index in [-0.39, 0.29) is 5.91 Å². The molecule has 0 saturated carbocycles. The quantitative estimate of drug-likeness (QED) is 0.434. The zero-order valence-corrected chi connectivity index (χ0v) is 15.9. The van der Waals surface area contributed by atoms with Gasteiger partial charge in [0.1, 0.15) is 5.52 Å². The Hall–Kier alpha value is -3.86.